The van der Waals surface area contributed by atoms with Crippen LogP contribution in [0, 0.1) is 17.8 Å². The first kappa shape index (κ1) is 22.5. The molecule has 34 heavy (non-hydrogen) atoms. The standard InChI is InChI=1S/C30H32O4/c1-20(30(31)32)29(23-13-14-23)25-10-6-11-26(18-25)33-19-21-15-28(16-21)34-27-12-5-9-24(17-27)22-7-3-2-4-8-22/h2-12,17-18,20-21,23,28-29H,13-16,19H2,1H3,(H,31,32). The second-order valence-electron chi connectivity index (χ2n) is 9.84. The lowest BCUT2D eigenvalue weighted by Crippen LogP contribution is -2.37. The summed E-state index contributed by atoms with van der Waals surface area (Å²) < 4.78 is 12.3. The van der Waals surface area contributed by atoms with Gasteiger partial charge in [-0.25, -0.2) is 0 Å². The lowest BCUT2D eigenvalue weighted by atomic mass is 9.82. The maximum atomic E-state index is 11.6. The number of aliphatic carboxylic acids is 1. The second kappa shape index (κ2) is 9.92. The molecule has 0 spiro atoms. The van der Waals surface area contributed by atoms with Crippen molar-refractivity contribution in [3.63, 3.8) is 0 Å². The van der Waals surface area contributed by atoms with Gasteiger partial charge >= 0.3 is 5.97 Å². The minimum Gasteiger partial charge on any atom is -0.493 e. The monoisotopic (exact) mass is 456 g/mol. The van der Waals surface area contributed by atoms with Crippen molar-refractivity contribution < 1.29 is 19.4 Å². The van der Waals surface area contributed by atoms with E-state index in [9.17, 15) is 9.90 Å². The van der Waals surface area contributed by atoms with Crippen LogP contribution in [0.4, 0.5) is 0 Å². The summed E-state index contributed by atoms with van der Waals surface area (Å²) in [5.74, 6) is 1.66. The van der Waals surface area contributed by atoms with E-state index >= 15 is 0 Å². The minimum atomic E-state index is -0.724. The van der Waals surface area contributed by atoms with Crippen LogP contribution >= 0.6 is 0 Å². The Bertz CT molecular complexity index is 1120. The summed E-state index contributed by atoms with van der Waals surface area (Å²) in [5, 5.41) is 9.54. The van der Waals surface area contributed by atoms with E-state index in [4.69, 9.17) is 9.47 Å². The second-order valence-corrected chi connectivity index (χ2v) is 9.84. The molecule has 0 aliphatic heterocycles. The van der Waals surface area contributed by atoms with E-state index in [1.165, 1.54) is 11.1 Å². The fraction of sp³-hybridized carbons (Fsp3) is 0.367. The Morgan fingerprint density at radius 2 is 1.62 bits per heavy atom. The van der Waals surface area contributed by atoms with Crippen molar-refractivity contribution in [3.8, 4) is 22.6 Å². The molecule has 0 amide bonds. The van der Waals surface area contributed by atoms with Gasteiger partial charge in [0.25, 0.3) is 0 Å². The van der Waals surface area contributed by atoms with Crippen LogP contribution in [0.1, 0.15) is 44.1 Å². The van der Waals surface area contributed by atoms with Crippen LogP contribution in [0.2, 0.25) is 0 Å². The molecule has 1 N–H and O–H groups in total. The maximum Gasteiger partial charge on any atom is 0.306 e. The minimum absolute atomic E-state index is 0.0641. The average molecular weight is 457 g/mol. The smallest absolute Gasteiger partial charge is 0.306 e. The summed E-state index contributed by atoms with van der Waals surface area (Å²) in [7, 11) is 0. The summed E-state index contributed by atoms with van der Waals surface area (Å²) >= 11 is 0. The normalized spacial score (nSPS) is 21.2. The summed E-state index contributed by atoms with van der Waals surface area (Å²) in [5.41, 5.74) is 3.44. The van der Waals surface area contributed by atoms with Gasteiger partial charge in [-0.2, -0.15) is 0 Å². The summed E-state index contributed by atoms with van der Waals surface area (Å²) in [6, 6.07) is 26.7. The first-order valence-corrected chi connectivity index (χ1v) is 12.3. The first-order valence-electron chi connectivity index (χ1n) is 12.3. The summed E-state index contributed by atoms with van der Waals surface area (Å²) in [6.07, 6.45) is 4.42. The van der Waals surface area contributed by atoms with E-state index < -0.39 is 5.97 Å². The summed E-state index contributed by atoms with van der Waals surface area (Å²) in [4.78, 5) is 11.6. The Kier molecular flexibility index (Phi) is 6.57. The van der Waals surface area contributed by atoms with Crippen LogP contribution in [0.15, 0.2) is 78.9 Å². The number of rotatable bonds is 10. The van der Waals surface area contributed by atoms with Crippen LogP contribution in [0.5, 0.6) is 11.5 Å². The fourth-order valence-corrected chi connectivity index (χ4v) is 5.08. The number of ether oxygens (including phenoxy) is 2. The highest BCUT2D eigenvalue weighted by Crippen LogP contribution is 2.47. The number of carboxylic acid groups (broad SMARTS) is 1. The SMILES string of the molecule is CC(C(=O)O)C(c1cccc(OCC2CC(Oc3cccc(-c4ccccc4)c3)C2)c1)C1CC1. The van der Waals surface area contributed by atoms with Gasteiger partial charge in [-0.3, -0.25) is 4.79 Å². The lowest BCUT2D eigenvalue weighted by Gasteiger charge is -2.35. The zero-order valence-corrected chi connectivity index (χ0v) is 19.6. The molecule has 0 radical (unpaired) electrons. The fourth-order valence-electron chi connectivity index (χ4n) is 5.08. The quantitative estimate of drug-likeness (QED) is 0.364. The Labute approximate surface area is 201 Å². The average Bonchev–Trinajstić information content (AvgIpc) is 3.67. The van der Waals surface area contributed by atoms with Crippen LogP contribution in [-0.2, 0) is 4.79 Å². The van der Waals surface area contributed by atoms with Crippen molar-refractivity contribution in [2.45, 2.75) is 44.6 Å². The van der Waals surface area contributed by atoms with Crippen LogP contribution in [-0.4, -0.2) is 23.8 Å². The molecule has 5 rings (SSSR count). The highest BCUT2D eigenvalue weighted by Gasteiger charge is 2.38. The van der Waals surface area contributed by atoms with Crippen LogP contribution in [0.3, 0.4) is 0 Å². The van der Waals surface area contributed by atoms with E-state index in [2.05, 4.69) is 24.3 Å². The van der Waals surface area contributed by atoms with Crippen molar-refractivity contribution in [3.05, 3.63) is 84.4 Å². The first-order chi connectivity index (χ1) is 16.6. The molecule has 4 heteroatoms. The van der Waals surface area contributed by atoms with Crippen molar-refractivity contribution in [1.29, 1.82) is 0 Å². The third-order valence-corrected chi connectivity index (χ3v) is 7.22. The molecule has 2 unspecified atom stereocenters. The Balaban J connectivity index is 1.13. The third-order valence-electron chi connectivity index (χ3n) is 7.22. The number of benzene rings is 3. The van der Waals surface area contributed by atoms with E-state index in [1.807, 2.05) is 61.5 Å². The van der Waals surface area contributed by atoms with Crippen LogP contribution in [0.25, 0.3) is 11.1 Å². The molecule has 0 saturated heterocycles. The molecule has 176 valence electrons. The van der Waals surface area contributed by atoms with E-state index in [-0.39, 0.29) is 17.9 Å². The van der Waals surface area contributed by atoms with Gasteiger partial charge in [-0.05, 0) is 84.4 Å². The molecule has 4 nitrogen and oxygen atoms in total. The Hall–Kier alpha value is -3.27. The molecular formula is C30H32O4. The zero-order valence-electron chi connectivity index (χ0n) is 19.6. The molecule has 2 saturated carbocycles. The highest BCUT2D eigenvalue weighted by molar-refractivity contribution is 5.71. The van der Waals surface area contributed by atoms with Gasteiger partial charge in [0, 0.05) is 0 Å². The molecule has 3 aromatic carbocycles. The van der Waals surface area contributed by atoms with Gasteiger partial charge in [-0.1, -0.05) is 61.5 Å². The van der Waals surface area contributed by atoms with Gasteiger partial charge in [-0.15, -0.1) is 0 Å². The molecule has 2 atom stereocenters. The van der Waals surface area contributed by atoms with E-state index in [0.29, 0.717) is 18.4 Å². The van der Waals surface area contributed by atoms with Gasteiger partial charge in [0.2, 0.25) is 0 Å². The molecular weight excluding hydrogens is 424 g/mol. The molecule has 2 aliphatic carbocycles. The molecule has 0 aromatic heterocycles. The molecule has 2 aliphatic rings. The predicted molar refractivity (Wildman–Crippen MR) is 133 cm³/mol. The lowest BCUT2D eigenvalue weighted by molar-refractivity contribution is -0.142. The van der Waals surface area contributed by atoms with Gasteiger partial charge in [0.15, 0.2) is 0 Å². The number of hydrogen-bond acceptors (Lipinski definition) is 3. The zero-order chi connectivity index (χ0) is 23.5. The summed E-state index contributed by atoms with van der Waals surface area (Å²) in [6.45, 7) is 2.48. The van der Waals surface area contributed by atoms with E-state index in [1.54, 1.807) is 0 Å². The Morgan fingerprint density at radius 3 is 2.35 bits per heavy atom. The largest absolute Gasteiger partial charge is 0.493 e. The van der Waals surface area contributed by atoms with Gasteiger partial charge < -0.3 is 14.6 Å². The van der Waals surface area contributed by atoms with Crippen molar-refractivity contribution in [1.82, 2.24) is 0 Å². The molecule has 2 fully saturated rings. The molecule has 0 bridgehead atoms. The van der Waals surface area contributed by atoms with E-state index in [0.717, 1.165) is 42.7 Å². The number of carboxylic acids is 1. The van der Waals surface area contributed by atoms with Gasteiger partial charge in [0.05, 0.1) is 18.6 Å². The Morgan fingerprint density at radius 1 is 0.912 bits per heavy atom. The predicted octanol–water partition coefficient (Wildman–Crippen LogP) is 6.80. The van der Waals surface area contributed by atoms with Gasteiger partial charge in [0.1, 0.15) is 11.5 Å². The maximum absolute atomic E-state index is 11.6. The van der Waals surface area contributed by atoms with Crippen molar-refractivity contribution in [2.75, 3.05) is 6.61 Å². The highest BCUT2D eigenvalue weighted by atomic mass is 16.5. The number of carbonyl (C=O) groups is 1. The molecule has 3 aromatic rings. The molecule has 0 heterocycles. The third kappa shape index (κ3) is 5.27. The number of hydrogen-bond donors (Lipinski definition) is 1. The van der Waals surface area contributed by atoms with Crippen molar-refractivity contribution in [2.24, 2.45) is 17.8 Å². The van der Waals surface area contributed by atoms with Crippen molar-refractivity contribution >= 4 is 5.97 Å². The topological polar surface area (TPSA) is 55.8 Å². The van der Waals surface area contributed by atoms with Crippen LogP contribution < -0.4 is 9.47 Å².